The molecule has 0 spiro atoms. The minimum Gasteiger partial charge on any atom is -0.336 e. The lowest BCUT2D eigenvalue weighted by atomic mass is 9.66. The summed E-state index contributed by atoms with van der Waals surface area (Å²) in [5, 5.41) is 6.51. The molecule has 7 aromatic rings. The molecule has 3 unspecified atom stereocenters. The maximum absolute atomic E-state index is 5.73. The molecular weight excluding hydrogens is 705 g/mol. The summed E-state index contributed by atoms with van der Waals surface area (Å²) in [5.41, 5.74) is 14.7. The van der Waals surface area contributed by atoms with Gasteiger partial charge in [-0.25, -0.2) is 4.99 Å². The fourth-order valence-corrected chi connectivity index (χ4v) is 10.3. The Morgan fingerprint density at radius 2 is 1.38 bits per heavy atom. The zero-order valence-corrected chi connectivity index (χ0v) is 33.0. The van der Waals surface area contributed by atoms with Crippen molar-refractivity contribution in [3.8, 4) is 0 Å². The van der Waals surface area contributed by atoms with Crippen LogP contribution in [0.25, 0.3) is 33.0 Å². The van der Waals surface area contributed by atoms with Crippen LogP contribution in [-0.4, -0.2) is 22.5 Å². The van der Waals surface area contributed by atoms with Gasteiger partial charge in [0, 0.05) is 16.3 Å². The predicted octanol–water partition coefficient (Wildman–Crippen LogP) is 12.4. The van der Waals surface area contributed by atoms with Gasteiger partial charge in [-0.3, -0.25) is 9.47 Å². The zero-order valence-electron chi connectivity index (χ0n) is 33.0. The van der Waals surface area contributed by atoms with Crippen molar-refractivity contribution >= 4 is 38.9 Å². The Bertz CT molecular complexity index is 2820. The summed E-state index contributed by atoms with van der Waals surface area (Å²) in [6.45, 7) is 2.29. The van der Waals surface area contributed by atoms with Crippen LogP contribution in [0.1, 0.15) is 77.5 Å². The van der Waals surface area contributed by atoms with Crippen LogP contribution in [0.4, 0.5) is 0 Å². The third kappa shape index (κ3) is 5.28. The van der Waals surface area contributed by atoms with Crippen LogP contribution in [0, 0.1) is 5.92 Å². The number of rotatable bonds is 5. The number of nitrogens with one attached hydrogen (secondary N) is 1. The molecule has 1 aromatic heterocycles. The lowest BCUT2D eigenvalue weighted by Crippen LogP contribution is -2.48. The minimum absolute atomic E-state index is 0.121. The van der Waals surface area contributed by atoms with Crippen LogP contribution in [0.2, 0.25) is 0 Å². The van der Waals surface area contributed by atoms with Gasteiger partial charge in [0.15, 0.2) is 0 Å². The lowest BCUT2D eigenvalue weighted by molar-refractivity contribution is 0.150. The van der Waals surface area contributed by atoms with Gasteiger partial charge in [0.05, 0.1) is 16.4 Å². The van der Waals surface area contributed by atoms with Crippen molar-refractivity contribution in [2.75, 3.05) is 7.05 Å². The molecule has 4 nitrogen and oxygen atoms in total. The van der Waals surface area contributed by atoms with Gasteiger partial charge in [0.25, 0.3) is 0 Å². The topological polar surface area (TPSA) is 32.6 Å². The van der Waals surface area contributed by atoms with Gasteiger partial charge in [0.1, 0.15) is 12.3 Å². The van der Waals surface area contributed by atoms with Crippen LogP contribution in [0.3, 0.4) is 0 Å². The van der Waals surface area contributed by atoms with E-state index in [2.05, 4.69) is 211 Å². The van der Waals surface area contributed by atoms with E-state index in [4.69, 9.17) is 4.99 Å². The molecule has 58 heavy (non-hydrogen) atoms. The van der Waals surface area contributed by atoms with Crippen molar-refractivity contribution in [3.05, 3.63) is 227 Å². The smallest absolute Gasteiger partial charge is 0.206 e. The van der Waals surface area contributed by atoms with Crippen molar-refractivity contribution in [3.63, 3.8) is 0 Å². The fourth-order valence-electron chi connectivity index (χ4n) is 10.3. The molecule has 0 saturated carbocycles. The summed E-state index contributed by atoms with van der Waals surface area (Å²) in [7, 11) is 2.19. The first-order chi connectivity index (χ1) is 28.6. The largest absolute Gasteiger partial charge is 0.336 e. The van der Waals surface area contributed by atoms with Gasteiger partial charge >= 0.3 is 0 Å². The Kier molecular flexibility index (Phi) is 8.30. The molecule has 4 aliphatic rings. The standard InChI is InChI=1S/C54H46N4/c1-36-27-29-37(30-28-36)40-31-34-48-46(35-40)45-33-32-44-43-25-15-16-26-47(43)54(41-21-11-5-12-22-41,42-23-13-6-14-24-42)49(44)50(45)58(48)53-55-51(38-17-7-3-8-18-38)57(2)52(56-53)39-19-9-4-10-20-39/h3-14,16-24,26-27,29-36,51-52H,15,25,28H2,1-2H3,(H,55,56). The van der Waals surface area contributed by atoms with Crippen LogP contribution >= 0.6 is 0 Å². The van der Waals surface area contributed by atoms with E-state index in [0.29, 0.717) is 5.92 Å². The third-order valence-electron chi connectivity index (χ3n) is 13.0. The molecule has 6 aromatic carbocycles. The van der Waals surface area contributed by atoms with E-state index in [9.17, 15) is 0 Å². The number of nitrogens with zero attached hydrogens (tertiary/aromatic N) is 3. The van der Waals surface area contributed by atoms with Crippen molar-refractivity contribution in [1.82, 2.24) is 14.8 Å². The molecule has 0 amide bonds. The molecule has 282 valence electrons. The van der Waals surface area contributed by atoms with Crippen LogP contribution in [0.15, 0.2) is 193 Å². The van der Waals surface area contributed by atoms with Gasteiger partial charge in [-0.2, -0.15) is 0 Å². The number of fused-ring (bicyclic) bond motifs is 6. The minimum atomic E-state index is -0.549. The lowest BCUT2D eigenvalue weighted by Gasteiger charge is -2.40. The first kappa shape index (κ1) is 34.7. The third-order valence-corrected chi connectivity index (χ3v) is 13.0. The second-order valence-corrected chi connectivity index (χ2v) is 16.4. The molecule has 1 N–H and O–H groups in total. The Balaban J connectivity index is 1.27. The number of benzene rings is 6. The van der Waals surface area contributed by atoms with Crippen molar-refractivity contribution in [2.24, 2.45) is 10.9 Å². The fraction of sp³-hybridized carbons (Fsp3) is 0.167. The first-order valence-electron chi connectivity index (χ1n) is 20.8. The van der Waals surface area contributed by atoms with Gasteiger partial charge in [-0.1, -0.05) is 177 Å². The van der Waals surface area contributed by atoms with E-state index in [1.165, 1.54) is 66.4 Å². The molecule has 2 heterocycles. The molecular formula is C54H46N4. The number of aromatic nitrogens is 1. The van der Waals surface area contributed by atoms with Crippen molar-refractivity contribution in [1.29, 1.82) is 0 Å². The second kappa shape index (κ2) is 13.9. The summed E-state index contributed by atoms with van der Waals surface area (Å²) in [6.07, 6.45) is 14.6. The molecule has 1 aliphatic heterocycles. The van der Waals surface area contributed by atoms with Gasteiger partial charge in [-0.15, -0.1) is 0 Å². The van der Waals surface area contributed by atoms with E-state index >= 15 is 0 Å². The van der Waals surface area contributed by atoms with Crippen LogP contribution < -0.4 is 5.32 Å². The Hall–Kier alpha value is -6.49. The summed E-state index contributed by atoms with van der Waals surface area (Å²) in [5.74, 6) is 1.40. The number of allylic oxidation sites excluding steroid dienone is 8. The number of hydrogen-bond donors (Lipinski definition) is 1. The van der Waals surface area contributed by atoms with Crippen molar-refractivity contribution in [2.45, 2.75) is 43.9 Å². The average Bonchev–Trinajstić information content (AvgIpc) is 3.78. The highest BCUT2D eigenvalue weighted by atomic mass is 15.4. The summed E-state index contributed by atoms with van der Waals surface area (Å²) in [4.78, 5) is 8.08. The quantitative estimate of drug-likeness (QED) is 0.190. The Morgan fingerprint density at radius 1 is 0.707 bits per heavy atom. The molecule has 3 atom stereocenters. The maximum Gasteiger partial charge on any atom is 0.206 e. The molecule has 0 radical (unpaired) electrons. The van der Waals surface area contributed by atoms with Crippen LogP contribution in [0.5, 0.6) is 0 Å². The Labute approximate surface area is 340 Å². The molecule has 0 fully saturated rings. The predicted molar refractivity (Wildman–Crippen MR) is 240 cm³/mol. The molecule has 11 rings (SSSR count). The summed E-state index contributed by atoms with van der Waals surface area (Å²) in [6, 6.07) is 55.9. The Morgan fingerprint density at radius 3 is 2.05 bits per heavy atom. The molecule has 0 saturated heterocycles. The molecule has 0 bridgehead atoms. The highest BCUT2D eigenvalue weighted by Crippen LogP contribution is 2.59. The van der Waals surface area contributed by atoms with E-state index in [-0.39, 0.29) is 12.3 Å². The normalized spacial score (nSPS) is 21.1. The van der Waals surface area contributed by atoms with E-state index in [0.717, 1.165) is 36.3 Å². The van der Waals surface area contributed by atoms with E-state index in [1.54, 1.807) is 0 Å². The average molecular weight is 751 g/mol. The SMILES string of the molecule is CC1C=CC(c2ccc3c(c2)c2ccc4c(c2n3C2=NC(c3ccccc3)N(C)C(c3ccccc3)N2)C(c2ccccc2)(c2ccccc2)C2=C4CCC=C2)=CC1. The van der Waals surface area contributed by atoms with E-state index in [1.807, 2.05) is 0 Å². The molecule has 4 heteroatoms. The van der Waals surface area contributed by atoms with Gasteiger partial charge in [0.2, 0.25) is 5.96 Å². The number of aliphatic imine (C=N–C) groups is 1. The van der Waals surface area contributed by atoms with Crippen molar-refractivity contribution < 1.29 is 0 Å². The van der Waals surface area contributed by atoms with Gasteiger partial charge in [-0.05, 0) is 94.5 Å². The van der Waals surface area contributed by atoms with Gasteiger partial charge < -0.3 is 5.32 Å². The highest BCUT2D eigenvalue weighted by molar-refractivity contribution is 6.18. The maximum atomic E-state index is 5.73. The highest BCUT2D eigenvalue weighted by Gasteiger charge is 2.49. The first-order valence-corrected chi connectivity index (χ1v) is 20.8. The molecule has 3 aliphatic carbocycles. The zero-order chi connectivity index (χ0) is 38.8. The second-order valence-electron chi connectivity index (χ2n) is 16.4. The summed E-state index contributed by atoms with van der Waals surface area (Å²) < 4.78 is 2.49. The monoisotopic (exact) mass is 750 g/mol. The number of hydrogen-bond acceptors (Lipinski definition) is 3. The van der Waals surface area contributed by atoms with E-state index < -0.39 is 5.41 Å². The summed E-state index contributed by atoms with van der Waals surface area (Å²) >= 11 is 0. The van der Waals surface area contributed by atoms with Crippen LogP contribution in [-0.2, 0) is 5.41 Å².